The fourth-order valence-electron chi connectivity index (χ4n) is 1.87. The number of anilines is 3. The van der Waals surface area contributed by atoms with Crippen LogP contribution in [0, 0.1) is 0 Å². The van der Waals surface area contributed by atoms with Crippen LogP contribution >= 0.6 is 0 Å². The number of carbonyl (C=O) groups is 1. The van der Waals surface area contributed by atoms with Gasteiger partial charge in [0.15, 0.2) is 0 Å². The number of aromatic nitrogens is 2. The molecule has 7 heteroatoms. The van der Waals surface area contributed by atoms with E-state index < -0.39 is 5.97 Å². The Hall–Kier alpha value is -2.54. The fraction of sp³-hybridized carbons (Fsp3) is 0.286. The minimum atomic E-state index is -0.448. The van der Waals surface area contributed by atoms with Crippen LogP contribution in [-0.4, -0.2) is 36.6 Å². The van der Waals surface area contributed by atoms with Gasteiger partial charge in [0.2, 0.25) is 0 Å². The Labute approximate surface area is 122 Å². The van der Waals surface area contributed by atoms with E-state index in [0.29, 0.717) is 30.1 Å². The van der Waals surface area contributed by atoms with Crippen molar-refractivity contribution in [2.75, 3.05) is 31.9 Å². The number of nitrogens with two attached hydrogens (primary N) is 1. The second-order valence-corrected chi connectivity index (χ2v) is 4.37. The summed E-state index contributed by atoms with van der Waals surface area (Å²) in [6.45, 7) is 1.22. The van der Waals surface area contributed by atoms with Crippen LogP contribution in [-0.2, 0) is 16.0 Å². The van der Waals surface area contributed by atoms with Crippen molar-refractivity contribution in [2.24, 2.45) is 0 Å². The van der Waals surface area contributed by atoms with Gasteiger partial charge in [0.05, 0.1) is 49.1 Å². The van der Waals surface area contributed by atoms with Gasteiger partial charge in [-0.25, -0.2) is 4.79 Å². The zero-order valence-corrected chi connectivity index (χ0v) is 12.0. The lowest BCUT2D eigenvalue weighted by Crippen LogP contribution is -2.08. The Morgan fingerprint density at radius 2 is 2.24 bits per heavy atom. The molecule has 7 nitrogen and oxygen atoms in total. The Bertz CT molecular complexity index is 624. The van der Waals surface area contributed by atoms with E-state index in [1.54, 1.807) is 36.2 Å². The van der Waals surface area contributed by atoms with Crippen LogP contribution in [0.5, 0.6) is 0 Å². The number of hydrogen-bond acceptors (Lipinski definition) is 6. The average molecular weight is 290 g/mol. The summed E-state index contributed by atoms with van der Waals surface area (Å²) in [6.07, 6.45) is 3.47. The minimum Gasteiger partial charge on any atom is -0.465 e. The van der Waals surface area contributed by atoms with Crippen LogP contribution in [0.25, 0.3) is 0 Å². The van der Waals surface area contributed by atoms with Crippen molar-refractivity contribution in [1.82, 2.24) is 9.78 Å². The molecule has 3 N–H and O–H groups in total. The highest BCUT2D eigenvalue weighted by Gasteiger charge is 2.14. The summed E-state index contributed by atoms with van der Waals surface area (Å²) in [5.74, 6) is -0.448. The molecule has 0 saturated heterocycles. The molecule has 1 heterocycles. The van der Waals surface area contributed by atoms with Gasteiger partial charge in [-0.1, -0.05) is 6.07 Å². The molecule has 1 aromatic heterocycles. The summed E-state index contributed by atoms with van der Waals surface area (Å²) >= 11 is 0. The molecule has 21 heavy (non-hydrogen) atoms. The van der Waals surface area contributed by atoms with E-state index >= 15 is 0 Å². The van der Waals surface area contributed by atoms with Gasteiger partial charge in [0.1, 0.15) is 0 Å². The van der Waals surface area contributed by atoms with Gasteiger partial charge in [-0.3, -0.25) is 4.68 Å². The number of benzene rings is 1. The first-order valence-corrected chi connectivity index (χ1v) is 6.41. The van der Waals surface area contributed by atoms with Crippen LogP contribution in [0.1, 0.15) is 10.4 Å². The Morgan fingerprint density at radius 1 is 1.43 bits per heavy atom. The molecule has 0 bridgehead atoms. The first-order valence-electron chi connectivity index (χ1n) is 6.41. The van der Waals surface area contributed by atoms with Crippen LogP contribution in [0.3, 0.4) is 0 Å². The van der Waals surface area contributed by atoms with E-state index in [1.165, 1.54) is 7.11 Å². The van der Waals surface area contributed by atoms with Gasteiger partial charge in [-0.2, -0.15) is 5.10 Å². The lowest BCUT2D eigenvalue weighted by atomic mass is 10.1. The van der Waals surface area contributed by atoms with Crippen LogP contribution in [0.4, 0.5) is 17.1 Å². The van der Waals surface area contributed by atoms with Crippen LogP contribution < -0.4 is 11.1 Å². The average Bonchev–Trinajstić information content (AvgIpc) is 2.94. The van der Waals surface area contributed by atoms with Crippen molar-refractivity contribution < 1.29 is 14.3 Å². The maximum atomic E-state index is 11.8. The van der Waals surface area contributed by atoms with Gasteiger partial charge in [0.25, 0.3) is 0 Å². The third-order valence-electron chi connectivity index (χ3n) is 2.93. The zero-order chi connectivity index (χ0) is 15.2. The normalized spacial score (nSPS) is 10.4. The topological polar surface area (TPSA) is 91.4 Å². The maximum Gasteiger partial charge on any atom is 0.340 e. The van der Waals surface area contributed by atoms with E-state index in [2.05, 4.69) is 10.4 Å². The number of methoxy groups -OCH3 is 2. The SMILES string of the molecule is COCCn1cc(Nc2c(N)cccc2C(=O)OC)cn1. The van der Waals surface area contributed by atoms with Crippen molar-refractivity contribution in [1.29, 1.82) is 0 Å². The molecule has 0 atom stereocenters. The molecular formula is C14H18N4O3. The van der Waals surface area contributed by atoms with E-state index in [4.69, 9.17) is 15.2 Å². The second-order valence-electron chi connectivity index (χ2n) is 4.37. The number of hydrogen-bond donors (Lipinski definition) is 2. The zero-order valence-electron chi connectivity index (χ0n) is 12.0. The van der Waals surface area contributed by atoms with Gasteiger partial charge >= 0.3 is 5.97 Å². The molecule has 112 valence electrons. The molecule has 0 saturated carbocycles. The lowest BCUT2D eigenvalue weighted by Gasteiger charge is -2.11. The van der Waals surface area contributed by atoms with Crippen molar-refractivity contribution in [3.05, 3.63) is 36.2 Å². The number of carbonyl (C=O) groups excluding carboxylic acids is 1. The third kappa shape index (κ3) is 3.51. The molecule has 1 aromatic carbocycles. The summed E-state index contributed by atoms with van der Waals surface area (Å²) in [5.41, 5.74) is 8.01. The molecule has 0 spiro atoms. The monoisotopic (exact) mass is 290 g/mol. The third-order valence-corrected chi connectivity index (χ3v) is 2.93. The highest BCUT2D eigenvalue weighted by molar-refractivity contribution is 5.99. The number of nitrogens with one attached hydrogen (secondary N) is 1. The number of para-hydroxylation sites is 1. The van der Waals surface area contributed by atoms with E-state index in [9.17, 15) is 4.79 Å². The molecule has 0 amide bonds. The lowest BCUT2D eigenvalue weighted by molar-refractivity contribution is 0.0602. The smallest absolute Gasteiger partial charge is 0.340 e. The standard InChI is InChI=1S/C14H18N4O3/c1-20-7-6-18-9-10(8-16-18)17-13-11(14(19)21-2)4-3-5-12(13)15/h3-5,8-9,17H,6-7,15H2,1-2H3. The number of nitrogen functional groups attached to an aromatic ring is 1. The largest absolute Gasteiger partial charge is 0.465 e. The maximum absolute atomic E-state index is 11.8. The molecule has 2 aromatic rings. The van der Waals surface area contributed by atoms with E-state index in [0.717, 1.165) is 5.69 Å². The van der Waals surface area contributed by atoms with Crippen molar-refractivity contribution in [3.63, 3.8) is 0 Å². The number of ether oxygens (including phenoxy) is 2. The van der Waals surface area contributed by atoms with Crippen LogP contribution in [0.15, 0.2) is 30.6 Å². The summed E-state index contributed by atoms with van der Waals surface area (Å²) in [6, 6.07) is 5.07. The molecule has 0 aliphatic carbocycles. The predicted octanol–water partition coefficient (Wildman–Crippen LogP) is 1.64. The molecule has 0 aliphatic rings. The Kier molecular flexibility index (Phi) is 4.78. The summed E-state index contributed by atoms with van der Waals surface area (Å²) < 4.78 is 11.5. The van der Waals surface area contributed by atoms with Gasteiger partial charge in [0, 0.05) is 13.3 Å². The van der Waals surface area contributed by atoms with Crippen molar-refractivity contribution in [3.8, 4) is 0 Å². The van der Waals surface area contributed by atoms with Crippen molar-refractivity contribution >= 4 is 23.0 Å². The first kappa shape index (κ1) is 14.9. The molecule has 0 radical (unpaired) electrons. The Morgan fingerprint density at radius 3 is 2.95 bits per heavy atom. The Balaban J connectivity index is 2.22. The molecule has 0 unspecified atom stereocenters. The molecule has 0 fully saturated rings. The van der Waals surface area contributed by atoms with E-state index in [1.807, 2.05) is 6.20 Å². The van der Waals surface area contributed by atoms with E-state index in [-0.39, 0.29) is 0 Å². The highest BCUT2D eigenvalue weighted by Crippen LogP contribution is 2.27. The number of nitrogens with zero attached hydrogens (tertiary/aromatic N) is 2. The van der Waals surface area contributed by atoms with Gasteiger partial charge in [-0.15, -0.1) is 0 Å². The fourth-order valence-corrected chi connectivity index (χ4v) is 1.87. The second kappa shape index (κ2) is 6.76. The highest BCUT2D eigenvalue weighted by atomic mass is 16.5. The molecule has 0 aliphatic heterocycles. The van der Waals surface area contributed by atoms with Gasteiger partial charge < -0.3 is 20.5 Å². The quantitative estimate of drug-likeness (QED) is 0.621. The summed E-state index contributed by atoms with van der Waals surface area (Å²) in [4.78, 5) is 11.8. The summed E-state index contributed by atoms with van der Waals surface area (Å²) in [5, 5.41) is 7.29. The van der Waals surface area contributed by atoms with Crippen molar-refractivity contribution in [2.45, 2.75) is 6.54 Å². The predicted molar refractivity (Wildman–Crippen MR) is 79.6 cm³/mol. The number of esters is 1. The number of rotatable bonds is 6. The summed E-state index contributed by atoms with van der Waals surface area (Å²) in [7, 11) is 2.97. The minimum absolute atomic E-state index is 0.377. The first-order chi connectivity index (χ1) is 10.2. The van der Waals surface area contributed by atoms with Crippen LogP contribution in [0.2, 0.25) is 0 Å². The molecular weight excluding hydrogens is 272 g/mol. The van der Waals surface area contributed by atoms with Gasteiger partial charge in [-0.05, 0) is 12.1 Å². The molecule has 2 rings (SSSR count).